The van der Waals surface area contributed by atoms with Crippen molar-refractivity contribution < 1.29 is 0 Å². The Balaban J connectivity index is 2.11. The molecule has 0 radical (unpaired) electrons. The van der Waals surface area contributed by atoms with Crippen molar-refractivity contribution in [1.82, 2.24) is 0 Å². The van der Waals surface area contributed by atoms with E-state index in [0.717, 1.165) is 5.92 Å². The third-order valence-electron chi connectivity index (χ3n) is 3.55. The van der Waals surface area contributed by atoms with E-state index < -0.39 is 0 Å². The maximum atomic E-state index is 4.20. The summed E-state index contributed by atoms with van der Waals surface area (Å²) in [5.41, 5.74) is 0.545. The summed E-state index contributed by atoms with van der Waals surface area (Å²) in [6.07, 6.45) is 10.9. The van der Waals surface area contributed by atoms with Crippen LogP contribution in [0.25, 0.3) is 0 Å². The number of fused-ring (bicyclic) bond motifs is 3. The van der Waals surface area contributed by atoms with Gasteiger partial charge in [-0.05, 0) is 44.4 Å². The van der Waals surface area contributed by atoms with Crippen LogP contribution in [0, 0.1) is 11.3 Å². The van der Waals surface area contributed by atoms with Gasteiger partial charge >= 0.3 is 0 Å². The zero-order chi connectivity index (χ0) is 7.73. The molecule has 3 saturated carbocycles. The summed E-state index contributed by atoms with van der Waals surface area (Å²) in [5.74, 6) is 1.07. The second kappa shape index (κ2) is 2.62. The molecule has 3 aliphatic carbocycles. The fourth-order valence-electron chi connectivity index (χ4n) is 2.75. The topological polar surface area (TPSA) is 12.4 Å². The highest BCUT2D eigenvalue weighted by Crippen LogP contribution is 2.48. The van der Waals surface area contributed by atoms with Crippen LogP contribution in [-0.4, -0.2) is 13.3 Å². The minimum Gasteiger partial charge on any atom is -0.300 e. The number of rotatable bonds is 1. The molecule has 0 heterocycles. The molecule has 2 bridgehead atoms. The zero-order valence-corrected chi connectivity index (χ0v) is 7.34. The lowest BCUT2D eigenvalue weighted by Gasteiger charge is -2.44. The number of nitrogens with zero attached hydrogens (tertiary/aromatic N) is 1. The van der Waals surface area contributed by atoms with E-state index in [9.17, 15) is 0 Å². The van der Waals surface area contributed by atoms with Gasteiger partial charge in [0.25, 0.3) is 0 Å². The Morgan fingerprint density at radius 3 is 2.18 bits per heavy atom. The molecule has 62 valence electrons. The zero-order valence-electron chi connectivity index (χ0n) is 7.34. The van der Waals surface area contributed by atoms with E-state index in [1.807, 2.05) is 7.05 Å². The second-order valence-corrected chi connectivity index (χ2v) is 4.23. The van der Waals surface area contributed by atoms with Gasteiger partial charge in [-0.3, -0.25) is 0 Å². The first-order valence-electron chi connectivity index (χ1n) is 4.78. The summed E-state index contributed by atoms with van der Waals surface area (Å²) in [5, 5.41) is 0. The predicted molar refractivity (Wildman–Crippen MR) is 48.0 cm³/mol. The van der Waals surface area contributed by atoms with Crippen LogP contribution in [0.5, 0.6) is 0 Å². The molecule has 0 saturated heterocycles. The first kappa shape index (κ1) is 7.33. The van der Waals surface area contributed by atoms with Gasteiger partial charge < -0.3 is 4.99 Å². The molecule has 0 aromatic carbocycles. The van der Waals surface area contributed by atoms with Gasteiger partial charge in [-0.15, -0.1) is 0 Å². The van der Waals surface area contributed by atoms with Crippen molar-refractivity contribution in [3.63, 3.8) is 0 Å². The number of hydrogen-bond donors (Lipinski definition) is 0. The smallest absolute Gasteiger partial charge is 0.0273 e. The first-order valence-corrected chi connectivity index (χ1v) is 4.78. The van der Waals surface area contributed by atoms with Crippen LogP contribution in [0.4, 0.5) is 0 Å². The van der Waals surface area contributed by atoms with Crippen LogP contribution in [0.15, 0.2) is 4.99 Å². The van der Waals surface area contributed by atoms with E-state index in [1.54, 1.807) is 0 Å². The molecule has 3 fully saturated rings. The predicted octanol–water partition coefficient (Wildman–Crippen LogP) is 2.66. The molecule has 3 aliphatic rings. The average Bonchev–Trinajstić information content (AvgIpc) is 2.07. The maximum absolute atomic E-state index is 4.20. The summed E-state index contributed by atoms with van der Waals surface area (Å²) in [6, 6.07) is 0. The van der Waals surface area contributed by atoms with Crippen molar-refractivity contribution in [3.8, 4) is 0 Å². The van der Waals surface area contributed by atoms with E-state index in [4.69, 9.17) is 0 Å². The number of hydrogen-bond acceptors (Lipinski definition) is 1. The summed E-state index contributed by atoms with van der Waals surface area (Å²) in [6.45, 7) is 0. The lowest BCUT2D eigenvalue weighted by atomic mass is 9.61. The van der Waals surface area contributed by atoms with E-state index in [0.29, 0.717) is 5.41 Å². The SMILES string of the molecule is C/N=C/C12CCC(CC1)CC2. The highest BCUT2D eigenvalue weighted by Gasteiger charge is 2.38. The third-order valence-corrected chi connectivity index (χ3v) is 3.55. The Morgan fingerprint density at radius 2 is 1.73 bits per heavy atom. The van der Waals surface area contributed by atoms with Crippen molar-refractivity contribution in [1.29, 1.82) is 0 Å². The Morgan fingerprint density at radius 1 is 1.18 bits per heavy atom. The molecule has 0 N–H and O–H groups in total. The fraction of sp³-hybridized carbons (Fsp3) is 0.900. The van der Waals surface area contributed by atoms with E-state index in [-0.39, 0.29) is 0 Å². The van der Waals surface area contributed by atoms with E-state index >= 15 is 0 Å². The van der Waals surface area contributed by atoms with Gasteiger partial charge in [0.2, 0.25) is 0 Å². The van der Waals surface area contributed by atoms with Crippen LogP contribution in [0.3, 0.4) is 0 Å². The minimum absolute atomic E-state index is 0.545. The monoisotopic (exact) mass is 151 g/mol. The molecule has 0 aromatic rings. The lowest BCUT2D eigenvalue weighted by Crippen LogP contribution is -2.35. The normalized spacial score (nSPS) is 43.5. The molecule has 3 rings (SSSR count). The molecule has 0 spiro atoms. The van der Waals surface area contributed by atoms with E-state index in [1.165, 1.54) is 38.5 Å². The molecule has 0 atom stereocenters. The molecular formula is C10H17N. The Bertz CT molecular complexity index is 150. The van der Waals surface area contributed by atoms with E-state index in [2.05, 4.69) is 11.2 Å². The number of aliphatic imine (C=N–C) groups is 1. The largest absolute Gasteiger partial charge is 0.300 e. The van der Waals surface area contributed by atoms with Crippen LogP contribution in [0.1, 0.15) is 38.5 Å². The molecule has 0 amide bonds. The average molecular weight is 151 g/mol. The highest BCUT2D eigenvalue weighted by molar-refractivity contribution is 5.66. The van der Waals surface area contributed by atoms with Gasteiger partial charge in [0.15, 0.2) is 0 Å². The molecule has 0 aliphatic heterocycles. The van der Waals surface area contributed by atoms with Crippen LogP contribution in [0.2, 0.25) is 0 Å². The van der Waals surface area contributed by atoms with Crippen LogP contribution < -0.4 is 0 Å². The molecule has 11 heavy (non-hydrogen) atoms. The third kappa shape index (κ3) is 1.21. The van der Waals surface area contributed by atoms with Gasteiger partial charge in [0, 0.05) is 18.7 Å². The first-order chi connectivity index (χ1) is 5.35. The molecular weight excluding hydrogens is 134 g/mol. The summed E-state index contributed by atoms with van der Waals surface area (Å²) in [4.78, 5) is 4.20. The maximum Gasteiger partial charge on any atom is 0.0273 e. The summed E-state index contributed by atoms with van der Waals surface area (Å²) in [7, 11) is 1.91. The van der Waals surface area contributed by atoms with Gasteiger partial charge in [-0.1, -0.05) is 0 Å². The highest BCUT2D eigenvalue weighted by atomic mass is 14.7. The van der Waals surface area contributed by atoms with Crippen molar-refractivity contribution in [3.05, 3.63) is 0 Å². The van der Waals surface area contributed by atoms with Gasteiger partial charge in [-0.2, -0.15) is 0 Å². The van der Waals surface area contributed by atoms with Gasteiger partial charge in [0.1, 0.15) is 0 Å². The van der Waals surface area contributed by atoms with Crippen molar-refractivity contribution in [2.75, 3.05) is 7.05 Å². The minimum atomic E-state index is 0.545. The lowest BCUT2D eigenvalue weighted by molar-refractivity contribution is 0.132. The Kier molecular flexibility index (Phi) is 1.74. The fourth-order valence-corrected chi connectivity index (χ4v) is 2.75. The standard InChI is InChI=1S/C10H17N/c1-11-8-10-5-2-9(3-6-10)4-7-10/h8-9H,2-7H2,1H3/b11-8+. The Hall–Kier alpha value is -0.330. The molecule has 1 heteroatoms. The van der Waals surface area contributed by atoms with Crippen molar-refractivity contribution in [2.45, 2.75) is 38.5 Å². The second-order valence-electron chi connectivity index (χ2n) is 4.23. The molecule has 0 unspecified atom stereocenters. The summed E-state index contributed by atoms with van der Waals surface area (Å²) >= 11 is 0. The van der Waals surface area contributed by atoms with Crippen molar-refractivity contribution >= 4 is 6.21 Å². The summed E-state index contributed by atoms with van der Waals surface area (Å²) < 4.78 is 0. The van der Waals surface area contributed by atoms with Gasteiger partial charge in [0.05, 0.1) is 0 Å². The quantitative estimate of drug-likeness (QED) is 0.511. The van der Waals surface area contributed by atoms with Crippen LogP contribution >= 0.6 is 0 Å². The Labute approximate surface area is 68.9 Å². The molecule has 1 nitrogen and oxygen atoms in total. The van der Waals surface area contributed by atoms with Crippen molar-refractivity contribution in [2.24, 2.45) is 16.3 Å². The van der Waals surface area contributed by atoms with Crippen LogP contribution in [-0.2, 0) is 0 Å². The van der Waals surface area contributed by atoms with Gasteiger partial charge in [-0.25, -0.2) is 0 Å². The molecule has 0 aromatic heterocycles.